The summed E-state index contributed by atoms with van der Waals surface area (Å²) in [7, 11) is 0. The van der Waals surface area contributed by atoms with Crippen molar-refractivity contribution in [2.45, 2.75) is 32.5 Å². The summed E-state index contributed by atoms with van der Waals surface area (Å²) in [5, 5.41) is 12.6. The highest BCUT2D eigenvalue weighted by Crippen LogP contribution is 2.26. The zero-order valence-corrected chi connectivity index (χ0v) is 14.9. The molecule has 26 heavy (non-hydrogen) atoms. The van der Waals surface area contributed by atoms with Gasteiger partial charge in [0.2, 0.25) is 11.7 Å². The molecule has 4 rings (SSSR count). The van der Waals surface area contributed by atoms with E-state index in [1.54, 1.807) is 0 Å². The third-order valence-corrected chi connectivity index (χ3v) is 4.45. The highest BCUT2D eigenvalue weighted by Gasteiger charge is 2.30. The number of morpholine rings is 1. The second-order valence-corrected chi connectivity index (χ2v) is 6.67. The van der Waals surface area contributed by atoms with E-state index in [9.17, 15) is 0 Å². The molecule has 0 radical (unpaired) electrons. The van der Waals surface area contributed by atoms with Gasteiger partial charge in [0.1, 0.15) is 6.04 Å². The van der Waals surface area contributed by atoms with Crippen molar-refractivity contribution in [2.75, 3.05) is 19.8 Å². The maximum atomic E-state index is 5.65. The van der Waals surface area contributed by atoms with Gasteiger partial charge < -0.3 is 9.26 Å². The molecule has 2 aromatic heterocycles. The molecule has 1 fully saturated rings. The molecule has 136 valence electrons. The molecule has 1 aromatic carbocycles. The molecule has 3 aromatic rings. The molecule has 1 saturated heterocycles. The lowest BCUT2D eigenvalue weighted by molar-refractivity contribution is -0.0246. The van der Waals surface area contributed by atoms with Crippen LogP contribution in [0.5, 0.6) is 0 Å². The molecule has 1 aliphatic rings. The zero-order valence-electron chi connectivity index (χ0n) is 14.9. The van der Waals surface area contributed by atoms with E-state index >= 15 is 0 Å². The summed E-state index contributed by atoms with van der Waals surface area (Å²) in [5.41, 5.74) is 1.86. The minimum atomic E-state index is -0.0853. The average Bonchev–Trinajstić information content (AvgIpc) is 3.33. The van der Waals surface area contributed by atoms with E-state index in [1.807, 2.05) is 41.2 Å². The fraction of sp³-hybridized carbons (Fsp3) is 0.444. The number of nitrogens with zero attached hydrogens (tertiary/aromatic N) is 6. The van der Waals surface area contributed by atoms with Gasteiger partial charge in [0.05, 0.1) is 25.1 Å². The third-order valence-electron chi connectivity index (χ3n) is 4.45. The Bertz CT molecular complexity index is 844. The first-order valence-electron chi connectivity index (χ1n) is 8.82. The topological polar surface area (TPSA) is 82.1 Å². The first-order valence-corrected chi connectivity index (χ1v) is 8.82. The normalized spacial score (nSPS) is 18.5. The van der Waals surface area contributed by atoms with Gasteiger partial charge in [-0.15, -0.1) is 5.10 Å². The van der Waals surface area contributed by atoms with Gasteiger partial charge in [0.15, 0.2) is 0 Å². The summed E-state index contributed by atoms with van der Waals surface area (Å²) in [4.78, 5) is 6.84. The molecule has 8 nitrogen and oxygen atoms in total. The van der Waals surface area contributed by atoms with Crippen molar-refractivity contribution in [3.63, 3.8) is 0 Å². The van der Waals surface area contributed by atoms with Crippen molar-refractivity contribution >= 4 is 0 Å². The lowest BCUT2D eigenvalue weighted by atomic mass is 10.2. The summed E-state index contributed by atoms with van der Waals surface area (Å²) in [6.07, 6.45) is 1.99. The van der Waals surface area contributed by atoms with E-state index in [1.165, 1.54) is 0 Å². The van der Waals surface area contributed by atoms with Crippen LogP contribution in [0.15, 0.2) is 41.1 Å². The Kier molecular flexibility index (Phi) is 4.77. The number of benzene rings is 1. The lowest BCUT2D eigenvalue weighted by Gasteiger charge is -2.32. The maximum absolute atomic E-state index is 5.65. The van der Waals surface area contributed by atoms with Gasteiger partial charge in [-0.2, -0.15) is 4.98 Å². The van der Waals surface area contributed by atoms with Crippen LogP contribution in [-0.2, 0) is 11.3 Å². The van der Waals surface area contributed by atoms with Crippen molar-refractivity contribution in [3.8, 4) is 11.4 Å². The Balaban J connectivity index is 1.53. The highest BCUT2D eigenvalue weighted by molar-refractivity contribution is 5.53. The van der Waals surface area contributed by atoms with Gasteiger partial charge in [0, 0.05) is 24.7 Å². The minimum absolute atomic E-state index is 0.0853. The van der Waals surface area contributed by atoms with Crippen LogP contribution in [0, 0.1) is 0 Å². The van der Waals surface area contributed by atoms with E-state index in [2.05, 4.69) is 39.2 Å². The number of aromatic nitrogens is 5. The molecule has 1 atom stereocenters. The Hall–Kier alpha value is -2.58. The van der Waals surface area contributed by atoms with Gasteiger partial charge >= 0.3 is 0 Å². The average molecular weight is 354 g/mol. The van der Waals surface area contributed by atoms with Gasteiger partial charge in [-0.1, -0.05) is 40.7 Å². The van der Waals surface area contributed by atoms with Crippen LogP contribution in [-0.4, -0.2) is 49.8 Å². The fourth-order valence-corrected chi connectivity index (χ4v) is 2.98. The van der Waals surface area contributed by atoms with Crippen LogP contribution in [0.25, 0.3) is 11.4 Å². The Morgan fingerprint density at radius 1 is 1.23 bits per heavy atom. The van der Waals surface area contributed by atoms with Crippen LogP contribution in [0.3, 0.4) is 0 Å². The van der Waals surface area contributed by atoms with Crippen LogP contribution in [0.1, 0.15) is 37.5 Å². The van der Waals surface area contributed by atoms with Gasteiger partial charge in [-0.3, -0.25) is 4.90 Å². The monoisotopic (exact) mass is 354 g/mol. The standard InChI is InChI=1S/C18H22N6O2/c1-13(2)24-11-15(20-22-24)10-23-8-9-25-12-16(23)18-19-17(21-26-18)14-6-4-3-5-7-14/h3-7,11,13,16H,8-10,12H2,1-2H3. The summed E-state index contributed by atoms with van der Waals surface area (Å²) in [6, 6.07) is 10.0. The van der Waals surface area contributed by atoms with Crippen LogP contribution < -0.4 is 0 Å². The third kappa shape index (κ3) is 3.51. The van der Waals surface area contributed by atoms with Crippen molar-refractivity contribution in [1.29, 1.82) is 0 Å². The Morgan fingerprint density at radius 2 is 2.08 bits per heavy atom. The summed E-state index contributed by atoms with van der Waals surface area (Å²) < 4.78 is 13.1. The molecule has 0 saturated carbocycles. The van der Waals surface area contributed by atoms with E-state index in [0.29, 0.717) is 37.5 Å². The predicted octanol–water partition coefficient (Wildman–Crippen LogP) is 2.48. The molecule has 0 N–H and O–H groups in total. The highest BCUT2D eigenvalue weighted by atomic mass is 16.5. The van der Waals surface area contributed by atoms with Gasteiger partial charge in [0.25, 0.3) is 0 Å². The van der Waals surface area contributed by atoms with Crippen LogP contribution in [0.2, 0.25) is 0 Å². The number of hydrogen-bond acceptors (Lipinski definition) is 7. The van der Waals surface area contributed by atoms with E-state index in [-0.39, 0.29) is 6.04 Å². The van der Waals surface area contributed by atoms with Crippen molar-refractivity contribution in [2.24, 2.45) is 0 Å². The summed E-state index contributed by atoms with van der Waals surface area (Å²) in [5.74, 6) is 1.16. The molecule has 1 aliphatic heterocycles. The first kappa shape index (κ1) is 16.9. The Labute approximate surface area is 151 Å². The molecule has 0 amide bonds. The first-order chi connectivity index (χ1) is 12.7. The van der Waals surface area contributed by atoms with Crippen LogP contribution in [0.4, 0.5) is 0 Å². The fourth-order valence-electron chi connectivity index (χ4n) is 2.98. The van der Waals surface area contributed by atoms with Gasteiger partial charge in [-0.05, 0) is 13.8 Å². The second-order valence-electron chi connectivity index (χ2n) is 6.67. The predicted molar refractivity (Wildman–Crippen MR) is 94.1 cm³/mol. The summed E-state index contributed by atoms with van der Waals surface area (Å²) >= 11 is 0. The van der Waals surface area contributed by atoms with Gasteiger partial charge in [-0.25, -0.2) is 4.68 Å². The molecule has 1 unspecified atom stereocenters. The SMILES string of the molecule is CC(C)n1cc(CN2CCOCC2c2nc(-c3ccccc3)no2)nn1. The molecule has 0 bridgehead atoms. The number of rotatable bonds is 5. The van der Waals surface area contributed by atoms with E-state index in [0.717, 1.165) is 17.8 Å². The number of ether oxygens (including phenoxy) is 1. The maximum Gasteiger partial charge on any atom is 0.246 e. The molecule has 0 spiro atoms. The molecular formula is C18H22N6O2. The van der Waals surface area contributed by atoms with E-state index < -0.39 is 0 Å². The van der Waals surface area contributed by atoms with Crippen molar-refractivity contribution in [1.82, 2.24) is 30.0 Å². The quantitative estimate of drug-likeness (QED) is 0.696. The smallest absolute Gasteiger partial charge is 0.246 e. The number of hydrogen-bond donors (Lipinski definition) is 0. The second kappa shape index (κ2) is 7.35. The molecule has 8 heteroatoms. The Morgan fingerprint density at radius 3 is 2.85 bits per heavy atom. The van der Waals surface area contributed by atoms with E-state index in [4.69, 9.17) is 9.26 Å². The minimum Gasteiger partial charge on any atom is -0.378 e. The molecule has 3 heterocycles. The van der Waals surface area contributed by atoms with Crippen molar-refractivity contribution < 1.29 is 9.26 Å². The lowest BCUT2D eigenvalue weighted by Crippen LogP contribution is -2.39. The molecular weight excluding hydrogens is 332 g/mol. The summed E-state index contributed by atoms with van der Waals surface area (Å²) in [6.45, 7) is 6.81. The largest absolute Gasteiger partial charge is 0.378 e. The molecule has 0 aliphatic carbocycles. The van der Waals surface area contributed by atoms with Crippen LogP contribution >= 0.6 is 0 Å². The van der Waals surface area contributed by atoms with Crippen molar-refractivity contribution in [3.05, 3.63) is 48.1 Å². The zero-order chi connectivity index (χ0) is 17.9.